The number of halogens is 1. The molecule has 1 N–H and O–H groups in total. The molecule has 0 radical (unpaired) electrons. The highest BCUT2D eigenvalue weighted by molar-refractivity contribution is 6.32. The molecule has 1 aliphatic heterocycles. The fourth-order valence-electron chi connectivity index (χ4n) is 5.19. The maximum atomic E-state index is 12.6. The number of nitrogens with one attached hydrogen (secondary N) is 1. The Kier molecular flexibility index (Phi) is 5.74. The van der Waals surface area contributed by atoms with Gasteiger partial charge >= 0.3 is 5.69 Å². The summed E-state index contributed by atoms with van der Waals surface area (Å²) in [6, 6.07) is 5.67. The van der Waals surface area contributed by atoms with E-state index in [4.69, 9.17) is 16.3 Å². The number of rotatable bonds is 4. The van der Waals surface area contributed by atoms with Crippen molar-refractivity contribution in [2.24, 2.45) is 0 Å². The van der Waals surface area contributed by atoms with Gasteiger partial charge in [-0.15, -0.1) is 0 Å². The molecule has 0 atom stereocenters. The van der Waals surface area contributed by atoms with E-state index in [1.165, 1.54) is 12.8 Å². The summed E-state index contributed by atoms with van der Waals surface area (Å²) in [5.74, 6) is 0. The average molecular weight is 417 g/mol. The Morgan fingerprint density at radius 1 is 1.28 bits per heavy atom. The lowest BCUT2D eigenvalue weighted by atomic mass is 9.79. The van der Waals surface area contributed by atoms with Gasteiger partial charge in [-0.25, -0.2) is 4.79 Å². The number of fused-ring (bicyclic) bond motifs is 1. The Labute approximate surface area is 176 Å². The second-order valence-corrected chi connectivity index (χ2v) is 9.04. The summed E-state index contributed by atoms with van der Waals surface area (Å²) >= 11 is 6.13. The van der Waals surface area contributed by atoms with Crippen molar-refractivity contribution in [1.29, 1.82) is 5.26 Å². The molecule has 1 aromatic heterocycles. The van der Waals surface area contributed by atoms with Crippen LogP contribution in [0.4, 0.5) is 0 Å². The average Bonchev–Trinajstić information content (AvgIpc) is 3.04. The number of benzene rings is 1. The van der Waals surface area contributed by atoms with Crippen LogP contribution in [0.15, 0.2) is 16.9 Å². The summed E-state index contributed by atoms with van der Waals surface area (Å²) < 4.78 is 7.65. The molecule has 4 rings (SSSR count). The molecule has 156 valence electrons. The predicted molar refractivity (Wildman–Crippen MR) is 114 cm³/mol. The van der Waals surface area contributed by atoms with Crippen LogP contribution in [0, 0.1) is 11.3 Å². The molecule has 1 saturated carbocycles. The van der Waals surface area contributed by atoms with Crippen molar-refractivity contribution in [2.45, 2.75) is 70.1 Å². The van der Waals surface area contributed by atoms with Gasteiger partial charge < -0.3 is 9.72 Å². The lowest BCUT2D eigenvalue weighted by Crippen LogP contribution is -2.53. The quantitative estimate of drug-likeness (QED) is 0.809. The minimum Gasteiger partial charge on any atom is -0.379 e. The molecule has 1 aliphatic carbocycles. The number of aromatic nitrogens is 2. The summed E-state index contributed by atoms with van der Waals surface area (Å²) in [4.78, 5) is 18.2. The van der Waals surface area contributed by atoms with Crippen LogP contribution >= 0.6 is 11.6 Å². The molecule has 0 spiro atoms. The number of piperidine rings is 1. The zero-order valence-corrected chi connectivity index (χ0v) is 18.0. The van der Waals surface area contributed by atoms with Gasteiger partial charge in [0.15, 0.2) is 0 Å². The molecular weight excluding hydrogens is 388 g/mol. The van der Waals surface area contributed by atoms with Crippen molar-refractivity contribution < 1.29 is 4.74 Å². The summed E-state index contributed by atoms with van der Waals surface area (Å²) in [7, 11) is 0. The van der Waals surface area contributed by atoms with Gasteiger partial charge in [0.25, 0.3) is 0 Å². The topological polar surface area (TPSA) is 74.0 Å². The van der Waals surface area contributed by atoms with Crippen LogP contribution in [-0.2, 0) is 4.74 Å². The standard InChI is InChI=1S/C22H29ClN4O2/c1-3-29-17-4-8-22(2,9-5-17)26-10-6-16(7-11-26)27-20-12-15(14-24)18(23)13-19(20)25-21(27)28/h12-13,16-17H,3-11H2,1-2H3,(H,25,28). The highest BCUT2D eigenvalue weighted by Gasteiger charge is 2.38. The third-order valence-corrected chi connectivity index (χ3v) is 7.24. The van der Waals surface area contributed by atoms with Gasteiger partial charge in [0.2, 0.25) is 0 Å². The van der Waals surface area contributed by atoms with E-state index >= 15 is 0 Å². The maximum absolute atomic E-state index is 12.6. The van der Waals surface area contributed by atoms with Crippen LogP contribution in [0.3, 0.4) is 0 Å². The molecule has 2 aliphatic rings. The molecule has 0 bridgehead atoms. The number of H-pyrrole nitrogens is 1. The van der Waals surface area contributed by atoms with Crippen molar-refractivity contribution in [3.63, 3.8) is 0 Å². The first kappa shape index (κ1) is 20.5. The summed E-state index contributed by atoms with van der Waals surface area (Å²) in [5.41, 5.74) is 1.99. The van der Waals surface area contributed by atoms with Gasteiger partial charge in [0.1, 0.15) is 6.07 Å². The summed E-state index contributed by atoms with van der Waals surface area (Å²) in [5, 5.41) is 9.67. The number of hydrogen-bond donors (Lipinski definition) is 1. The minimum atomic E-state index is -0.118. The van der Waals surface area contributed by atoms with E-state index in [0.29, 0.717) is 22.2 Å². The number of nitrogens with zero attached hydrogens (tertiary/aromatic N) is 3. The number of hydrogen-bond acceptors (Lipinski definition) is 4. The largest absolute Gasteiger partial charge is 0.379 e. The number of ether oxygens (including phenoxy) is 1. The van der Waals surface area contributed by atoms with Crippen molar-refractivity contribution >= 4 is 22.6 Å². The number of imidazole rings is 1. The van der Waals surface area contributed by atoms with Gasteiger partial charge in [-0.1, -0.05) is 11.6 Å². The Bertz CT molecular complexity index is 973. The molecule has 2 fully saturated rings. The third-order valence-electron chi connectivity index (χ3n) is 6.93. The second-order valence-electron chi connectivity index (χ2n) is 8.63. The van der Waals surface area contributed by atoms with Crippen molar-refractivity contribution in [3.05, 3.63) is 33.2 Å². The molecule has 2 aromatic rings. The van der Waals surface area contributed by atoms with E-state index in [-0.39, 0.29) is 17.3 Å². The van der Waals surface area contributed by atoms with Crippen molar-refractivity contribution in [2.75, 3.05) is 19.7 Å². The number of nitriles is 1. The van der Waals surface area contributed by atoms with Gasteiger partial charge in [-0.05, 0) is 64.5 Å². The van der Waals surface area contributed by atoms with E-state index < -0.39 is 0 Å². The SMILES string of the molecule is CCOC1CCC(C)(N2CCC(n3c(=O)[nH]c4cc(Cl)c(C#N)cc43)CC2)CC1. The number of aromatic amines is 1. The van der Waals surface area contributed by atoms with E-state index in [2.05, 4.69) is 29.8 Å². The zero-order chi connectivity index (χ0) is 20.6. The maximum Gasteiger partial charge on any atom is 0.326 e. The summed E-state index contributed by atoms with van der Waals surface area (Å²) in [6.07, 6.45) is 6.87. The van der Waals surface area contributed by atoms with E-state index in [9.17, 15) is 10.1 Å². The molecule has 1 saturated heterocycles. The van der Waals surface area contributed by atoms with Crippen LogP contribution in [0.2, 0.25) is 5.02 Å². The molecule has 29 heavy (non-hydrogen) atoms. The highest BCUT2D eigenvalue weighted by Crippen LogP contribution is 2.38. The molecule has 0 amide bonds. The fraction of sp³-hybridized carbons (Fsp3) is 0.636. The Balaban J connectivity index is 1.49. The minimum absolute atomic E-state index is 0.118. The van der Waals surface area contributed by atoms with E-state index in [1.54, 1.807) is 12.1 Å². The molecule has 1 aromatic carbocycles. The lowest BCUT2D eigenvalue weighted by Gasteiger charge is -2.48. The number of likely N-dealkylation sites (tertiary alicyclic amines) is 1. The van der Waals surface area contributed by atoms with Gasteiger partial charge in [-0.2, -0.15) is 5.26 Å². The Morgan fingerprint density at radius 2 is 1.97 bits per heavy atom. The van der Waals surface area contributed by atoms with Crippen molar-refractivity contribution in [3.8, 4) is 6.07 Å². The van der Waals surface area contributed by atoms with Crippen LogP contribution in [0.1, 0.15) is 64.0 Å². The van der Waals surface area contributed by atoms with E-state index in [1.807, 2.05) is 4.57 Å². The molecule has 2 heterocycles. The fourth-order valence-corrected chi connectivity index (χ4v) is 5.40. The van der Waals surface area contributed by atoms with Crippen LogP contribution in [0.25, 0.3) is 11.0 Å². The van der Waals surface area contributed by atoms with E-state index in [0.717, 1.165) is 50.9 Å². The molecular formula is C22H29ClN4O2. The normalized spacial score (nSPS) is 26.6. The molecule has 0 unspecified atom stereocenters. The van der Waals surface area contributed by atoms with Crippen LogP contribution < -0.4 is 5.69 Å². The van der Waals surface area contributed by atoms with Crippen LogP contribution in [0.5, 0.6) is 0 Å². The predicted octanol–water partition coefficient (Wildman–Crippen LogP) is 4.23. The summed E-state index contributed by atoms with van der Waals surface area (Å²) in [6.45, 7) is 7.22. The zero-order valence-electron chi connectivity index (χ0n) is 17.2. The second kappa shape index (κ2) is 8.14. The van der Waals surface area contributed by atoms with Crippen molar-refractivity contribution in [1.82, 2.24) is 14.5 Å². The Hall–Kier alpha value is -1.81. The highest BCUT2D eigenvalue weighted by atomic mass is 35.5. The first-order valence-corrected chi connectivity index (χ1v) is 11.0. The smallest absolute Gasteiger partial charge is 0.326 e. The first-order valence-electron chi connectivity index (χ1n) is 10.7. The Morgan fingerprint density at radius 3 is 2.59 bits per heavy atom. The monoisotopic (exact) mass is 416 g/mol. The molecule has 6 nitrogen and oxygen atoms in total. The van der Waals surface area contributed by atoms with Crippen LogP contribution in [-0.4, -0.2) is 45.8 Å². The van der Waals surface area contributed by atoms with Gasteiger partial charge in [-0.3, -0.25) is 9.47 Å². The first-order chi connectivity index (χ1) is 13.9. The van der Waals surface area contributed by atoms with Gasteiger partial charge in [0.05, 0.1) is 27.7 Å². The molecule has 7 heteroatoms. The lowest BCUT2D eigenvalue weighted by molar-refractivity contribution is -0.0273. The van der Waals surface area contributed by atoms with Gasteiger partial charge in [0, 0.05) is 31.3 Å². The third kappa shape index (κ3) is 3.84.